The SMILES string of the molecule is Cn1c(C(O)(c2ccc(Cl)cc2)c2ccc3c(c2)c(-c2cccc(Cl)c2)cc(=O)n3CC2CC2)cnc1[Si](C)(C)C(C)(C)C. The molecule has 44 heavy (non-hydrogen) atoms. The molecule has 1 aliphatic carbocycles. The molecule has 1 saturated carbocycles. The molecule has 0 spiro atoms. The first kappa shape index (κ1) is 30.8. The highest BCUT2D eigenvalue weighted by molar-refractivity contribution is 6.91. The predicted octanol–water partition coefficient (Wildman–Crippen LogP) is 8.12. The lowest BCUT2D eigenvalue weighted by atomic mass is 9.82. The molecule has 1 atom stereocenters. The molecule has 5 aromatic rings. The lowest BCUT2D eigenvalue weighted by Gasteiger charge is -2.37. The van der Waals surface area contributed by atoms with Gasteiger partial charge < -0.3 is 14.2 Å². The second-order valence-corrected chi connectivity index (χ2v) is 19.9. The lowest BCUT2D eigenvalue weighted by Crippen LogP contribution is -2.54. The van der Waals surface area contributed by atoms with Gasteiger partial charge in [-0.3, -0.25) is 4.79 Å². The Labute approximate surface area is 270 Å². The summed E-state index contributed by atoms with van der Waals surface area (Å²) >= 11 is 12.7. The minimum absolute atomic E-state index is 0.0364. The molecule has 228 valence electrons. The third kappa shape index (κ3) is 5.26. The molecule has 8 heteroatoms. The molecule has 1 aliphatic rings. The molecule has 1 N–H and O–H groups in total. The van der Waals surface area contributed by atoms with E-state index in [1.807, 2.05) is 72.4 Å². The van der Waals surface area contributed by atoms with Crippen molar-refractivity contribution in [2.75, 3.05) is 0 Å². The van der Waals surface area contributed by atoms with E-state index < -0.39 is 13.7 Å². The second kappa shape index (κ2) is 11.0. The highest BCUT2D eigenvalue weighted by atomic mass is 35.5. The normalized spacial score (nSPS) is 15.5. The van der Waals surface area contributed by atoms with Crippen LogP contribution in [0.25, 0.3) is 22.0 Å². The van der Waals surface area contributed by atoms with Gasteiger partial charge in [0.05, 0.1) is 22.9 Å². The fourth-order valence-electron chi connectivity index (χ4n) is 6.07. The van der Waals surface area contributed by atoms with Gasteiger partial charge in [0.25, 0.3) is 5.56 Å². The fourth-order valence-corrected chi connectivity index (χ4v) is 8.40. The first-order chi connectivity index (χ1) is 20.7. The molecular formula is C36H39Cl2N3O2Si. The van der Waals surface area contributed by atoms with Crippen molar-refractivity contribution in [2.24, 2.45) is 13.0 Å². The van der Waals surface area contributed by atoms with E-state index in [1.54, 1.807) is 18.2 Å². The topological polar surface area (TPSA) is 60.1 Å². The average Bonchev–Trinajstić information content (AvgIpc) is 3.71. The highest BCUT2D eigenvalue weighted by Gasteiger charge is 2.44. The van der Waals surface area contributed by atoms with Gasteiger partial charge in [0, 0.05) is 35.1 Å². The van der Waals surface area contributed by atoms with E-state index >= 15 is 0 Å². The molecule has 0 bridgehead atoms. The smallest absolute Gasteiger partial charge is 0.251 e. The first-order valence-electron chi connectivity index (χ1n) is 15.2. The molecule has 1 fully saturated rings. The van der Waals surface area contributed by atoms with Crippen molar-refractivity contribution in [3.05, 3.63) is 116 Å². The summed E-state index contributed by atoms with van der Waals surface area (Å²) in [5.74, 6) is 0.516. The van der Waals surface area contributed by atoms with Crippen molar-refractivity contribution >= 4 is 47.6 Å². The summed E-state index contributed by atoms with van der Waals surface area (Å²) in [6, 6.07) is 22.6. The van der Waals surface area contributed by atoms with Gasteiger partial charge in [0.2, 0.25) is 0 Å². The van der Waals surface area contributed by atoms with E-state index in [4.69, 9.17) is 28.2 Å². The number of hydrogen-bond acceptors (Lipinski definition) is 3. The number of nitrogens with zero attached hydrogens (tertiary/aromatic N) is 3. The summed E-state index contributed by atoms with van der Waals surface area (Å²) < 4.78 is 3.97. The Morgan fingerprint density at radius 2 is 1.61 bits per heavy atom. The summed E-state index contributed by atoms with van der Waals surface area (Å²) in [7, 11) is -0.0463. The van der Waals surface area contributed by atoms with Gasteiger partial charge in [0.15, 0.2) is 5.60 Å². The van der Waals surface area contributed by atoms with Gasteiger partial charge in [-0.25, -0.2) is 4.98 Å². The van der Waals surface area contributed by atoms with Crippen molar-refractivity contribution < 1.29 is 5.11 Å². The Kier molecular flexibility index (Phi) is 7.73. The van der Waals surface area contributed by atoms with Crippen LogP contribution in [0.5, 0.6) is 0 Å². The number of pyridine rings is 1. The number of benzene rings is 3. The van der Waals surface area contributed by atoms with E-state index in [-0.39, 0.29) is 10.6 Å². The van der Waals surface area contributed by atoms with Gasteiger partial charge in [-0.05, 0) is 82.4 Å². The Hall–Kier alpha value is -3.16. The molecular weight excluding hydrogens is 605 g/mol. The summed E-state index contributed by atoms with van der Waals surface area (Å²) in [4.78, 5) is 18.5. The molecule has 6 rings (SSSR count). The maximum absolute atomic E-state index is 13.5. The van der Waals surface area contributed by atoms with Crippen molar-refractivity contribution in [3.63, 3.8) is 0 Å². The van der Waals surface area contributed by atoms with E-state index in [9.17, 15) is 9.90 Å². The van der Waals surface area contributed by atoms with Crippen LogP contribution >= 0.6 is 23.2 Å². The molecule has 2 aromatic heterocycles. The standard InChI is InChI=1S/C36H39Cl2N3O2Si/c1-35(2,3)44(5,6)34-39-21-32(40(34)4)36(43,25-12-15-27(37)16-13-25)26-14-17-31-30(19-26)29(24-8-7-9-28(38)18-24)20-33(42)41(31)22-23-10-11-23/h7-9,12-21,23,43H,10-11,22H2,1-6H3. The second-order valence-electron chi connectivity index (χ2n) is 13.8. The van der Waals surface area contributed by atoms with Gasteiger partial charge in [-0.15, -0.1) is 0 Å². The van der Waals surface area contributed by atoms with Crippen LogP contribution in [-0.2, 0) is 19.2 Å². The largest absolute Gasteiger partial charge is 0.374 e. The number of hydrogen-bond donors (Lipinski definition) is 1. The van der Waals surface area contributed by atoms with Gasteiger partial charge in [-0.1, -0.05) is 87.4 Å². The molecule has 0 saturated heterocycles. The van der Waals surface area contributed by atoms with Crippen LogP contribution in [-0.4, -0.2) is 27.3 Å². The molecule has 0 aliphatic heterocycles. The zero-order chi connectivity index (χ0) is 31.6. The maximum Gasteiger partial charge on any atom is 0.251 e. The van der Waals surface area contributed by atoms with Gasteiger partial charge >= 0.3 is 0 Å². The molecule has 3 aromatic carbocycles. The number of aliphatic hydroxyl groups is 1. The van der Waals surface area contributed by atoms with E-state index in [0.29, 0.717) is 39.3 Å². The average molecular weight is 645 g/mol. The third-order valence-electron chi connectivity index (χ3n) is 9.86. The Balaban J connectivity index is 1.64. The van der Waals surface area contributed by atoms with Crippen molar-refractivity contribution in [1.82, 2.24) is 14.1 Å². The summed E-state index contributed by atoms with van der Waals surface area (Å²) in [5.41, 5.74) is 3.95. The molecule has 0 radical (unpaired) electrons. The minimum Gasteiger partial charge on any atom is -0.374 e. The van der Waals surface area contributed by atoms with Crippen LogP contribution in [0.1, 0.15) is 50.4 Å². The lowest BCUT2D eigenvalue weighted by molar-refractivity contribution is 0.118. The van der Waals surface area contributed by atoms with Crippen LogP contribution in [0.4, 0.5) is 0 Å². The summed E-state index contributed by atoms with van der Waals surface area (Å²) in [5, 5.41) is 15.2. The van der Waals surface area contributed by atoms with E-state index in [1.165, 1.54) is 0 Å². The molecule has 5 nitrogen and oxygen atoms in total. The minimum atomic E-state index is -2.05. The van der Waals surface area contributed by atoms with Gasteiger partial charge in [0.1, 0.15) is 8.07 Å². The third-order valence-corrected chi connectivity index (χ3v) is 15.7. The van der Waals surface area contributed by atoms with Crippen LogP contribution in [0.2, 0.25) is 28.2 Å². The number of rotatable bonds is 7. The zero-order valence-electron chi connectivity index (χ0n) is 26.2. The maximum atomic E-state index is 13.5. The van der Waals surface area contributed by atoms with Crippen molar-refractivity contribution in [2.45, 2.75) is 63.9 Å². The number of imidazole rings is 1. The van der Waals surface area contributed by atoms with Crippen LogP contribution in [0.3, 0.4) is 0 Å². The fraction of sp³-hybridized carbons (Fsp3) is 0.333. The quantitative estimate of drug-likeness (QED) is 0.182. The predicted molar refractivity (Wildman–Crippen MR) is 185 cm³/mol. The molecule has 2 heterocycles. The number of halogens is 2. The molecule has 0 amide bonds. The van der Waals surface area contributed by atoms with Crippen molar-refractivity contribution in [3.8, 4) is 11.1 Å². The number of aromatic nitrogens is 3. The summed E-state index contributed by atoms with van der Waals surface area (Å²) in [6.07, 6.45) is 4.09. The molecule has 1 unspecified atom stereocenters. The van der Waals surface area contributed by atoms with Crippen LogP contribution in [0, 0.1) is 5.92 Å². The van der Waals surface area contributed by atoms with E-state index in [0.717, 1.165) is 40.3 Å². The first-order valence-corrected chi connectivity index (χ1v) is 18.9. The van der Waals surface area contributed by atoms with Crippen molar-refractivity contribution in [1.29, 1.82) is 0 Å². The Morgan fingerprint density at radius 3 is 2.25 bits per heavy atom. The Bertz CT molecular complexity index is 1930. The number of fused-ring (bicyclic) bond motifs is 1. The van der Waals surface area contributed by atoms with Gasteiger partial charge in [-0.2, -0.15) is 0 Å². The zero-order valence-corrected chi connectivity index (χ0v) is 28.7. The Morgan fingerprint density at radius 1 is 0.932 bits per heavy atom. The van der Waals surface area contributed by atoms with Crippen LogP contribution in [0.15, 0.2) is 83.8 Å². The van der Waals surface area contributed by atoms with Crippen LogP contribution < -0.4 is 11.0 Å². The monoisotopic (exact) mass is 643 g/mol. The van der Waals surface area contributed by atoms with E-state index in [2.05, 4.69) is 38.4 Å². The highest BCUT2D eigenvalue weighted by Crippen LogP contribution is 2.41. The summed E-state index contributed by atoms with van der Waals surface area (Å²) in [6.45, 7) is 12.1.